The Morgan fingerprint density at radius 1 is 0.492 bits per heavy atom. The van der Waals surface area contributed by atoms with Crippen molar-refractivity contribution in [2.24, 2.45) is 5.73 Å². The molecule has 0 aliphatic carbocycles. The first-order valence-electron chi connectivity index (χ1n) is 25.2. The Balaban J connectivity index is 3.90. The van der Waals surface area contributed by atoms with E-state index in [9.17, 15) is 19.0 Å². The van der Waals surface area contributed by atoms with Gasteiger partial charge < -0.3 is 20.1 Å². The molecular formula is C49H96NO8P. The van der Waals surface area contributed by atoms with Crippen LogP contribution in [0.25, 0.3) is 0 Å². The molecule has 0 rings (SSSR count). The first kappa shape index (κ1) is 57.8. The lowest BCUT2D eigenvalue weighted by atomic mass is 10.0. The van der Waals surface area contributed by atoms with Crippen LogP contribution in [0.4, 0.5) is 0 Å². The summed E-state index contributed by atoms with van der Waals surface area (Å²) in [4.78, 5) is 34.9. The molecule has 0 aromatic carbocycles. The van der Waals surface area contributed by atoms with Crippen molar-refractivity contribution in [3.8, 4) is 0 Å². The molecular weight excluding hydrogens is 762 g/mol. The van der Waals surface area contributed by atoms with Gasteiger partial charge in [0.2, 0.25) is 0 Å². The van der Waals surface area contributed by atoms with Crippen molar-refractivity contribution in [3.63, 3.8) is 0 Å². The van der Waals surface area contributed by atoms with E-state index in [1.165, 1.54) is 193 Å². The third kappa shape index (κ3) is 46.1. The summed E-state index contributed by atoms with van der Waals surface area (Å²) in [6, 6.07) is 0. The lowest BCUT2D eigenvalue weighted by molar-refractivity contribution is -0.161. The molecule has 350 valence electrons. The summed E-state index contributed by atoms with van der Waals surface area (Å²) in [6.07, 6.45) is 49.8. The van der Waals surface area contributed by atoms with Crippen LogP contribution in [0.15, 0.2) is 12.2 Å². The number of carbonyl (C=O) groups excluding carboxylic acids is 2. The summed E-state index contributed by atoms with van der Waals surface area (Å²) < 4.78 is 32.8. The maximum Gasteiger partial charge on any atom is 0.472 e. The Kier molecular flexibility index (Phi) is 45.3. The molecule has 3 N–H and O–H groups in total. The lowest BCUT2D eigenvalue weighted by Gasteiger charge is -2.19. The quantitative estimate of drug-likeness (QED) is 0.0265. The predicted octanol–water partition coefficient (Wildman–Crippen LogP) is 15.0. The van der Waals surface area contributed by atoms with Crippen molar-refractivity contribution in [3.05, 3.63) is 12.2 Å². The SMILES string of the molecule is CCCCCCCCCC/C=C\CCCCCCCCCCCCCCCCCC(=O)OC(COC(=O)CCCCCCCCCCCCC)COP(=O)(O)OCCN. The van der Waals surface area contributed by atoms with E-state index in [1.807, 2.05) is 0 Å². The number of hydrogen-bond donors (Lipinski definition) is 2. The van der Waals surface area contributed by atoms with Crippen LogP contribution in [-0.4, -0.2) is 49.3 Å². The van der Waals surface area contributed by atoms with Gasteiger partial charge in [0, 0.05) is 19.4 Å². The van der Waals surface area contributed by atoms with Crippen molar-refractivity contribution >= 4 is 19.8 Å². The number of carbonyl (C=O) groups is 2. The Morgan fingerprint density at radius 2 is 0.831 bits per heavy atom. The standard InChI is InChI=1S/C49H96NO8P/c1-3-5-7-9-11-13-15-16-17-18-19-20-21-22-23-24-25-26-27-28-29-30-32-34-36-38-40-42-49(52)58-47(46-57-59(53,54)56-44-43-50)45-55-48(51)41-39-37-35-33-31-14-12-10-8-6-4-2/h18-19,47H,3-17,20-46,50H2,1-2H3,(H,53,54)/b19-18-. The number of esters is 2. The first-order valence-corrected chi connectivity index (χ1v) is 26.7. The highest BCUT2D eigenvalue weighted by atomic mass is 31.2. The van der Waals surface area contributed by atoms with Gasteiger partial charge in [0.15, 0.2) is 6.10 Å². The molecule has 10 heteroatoms. The van der Waals surface area contributed by atoms with E-state index in [4.69, 9.17) is 24.3 Å². The highest BCUT2D eigenvalue weighted by Crippen LogP contribution is 2.43. The second-order valence-electron chi connectivity index (χ2n) is 17.0. The van der Waals surface area contributed by atoms with Crippen LogP contribution in [0.2, 0.25) is 0 Å². The molecule has 0 aromatic heterocycles. The van der Waals surface area contributed by atoms with E-state index >= 15 is 0 Å². The summed E-state index contributed by atoms with van der Waals surface area (Å²) in [5, 5.41) is 0. The second-order valence-corrected chi connectivity index (χ2v) is 18.5. The van der Waals surface area contributed by atoms with Crippen LogP contribution in [0.1, 0.15) is 258 Å². The van der Waals surface area contributed by atoms with Gasteiger partial charge in [0.1, 0.15) is 6.61 Å². The molecule has 0 spiro atoms. The number of unbranched alkanes of at least 4 members (excludes halogenated alkanes) is 33. The highest BCUT2D eigenvalue weighted by Gasteiger charge is 2.26. The van der Waals surface area contributed by atoms with Crippen LogP contribution in [0, 0.1) is 0 Å². The van der Waals surface area contributed by atoms with Crippen LogP contribution in [0.3, 0.4) is 0 Å². The molecule has 0 radical (unpaired) electrons. The van der Waals surface area contributed by atoms with Crippen LogP contribution in [-0.2, 0) is 32.7 Å². The lowest BCUT2D eigenvalue weighted by Crippen LogP contribution is -2.29. The van der Waals surface area contributed by atoms with Crippen molar-refractivity contribution in [1.82, 2.24) is 0 Å². The van der Waals surface area contributed by atoms with Crippen molar-refractivity contribution < 1.29 is 37.6 Å². The minimum Gasteiger partial charge on any atom is -0.462 e. The van der Waals surface area contributed by atoms with E-state index in [1.54, 1.807) is 0 Å². The predicted molar refractivity (Wildman–Crippen MR) is 248 cm³/mol. The molecule has 0 bridgehead atoms. The summed E-state index contributed by atoms with van der Waals surface area (Å²) >= 11 is 0. The maximum absolute atomic E-state index is 12.6. The zero-order valence-corrected chi connectivity index (χ0v) is 39.7. The van der Waals surface area contributed by atoms with Gasteiger partial charge in [0.05, 0.1) is 13.2 Å². The smallest absolute Gasteiger partial charge is 0.462 e. The summed E-state index contributed by atoms with van der Waals surface area (Å²) in [5.74, 6) is -0.815. The number of ether oxygens (including phenoxy) is 2. The monoisotopic (exact) mass is 858 g/mol. The first-order chi connectivity index (χ1) is 28.8. The maximum atomic E-state index is 12.6. The van der Waals surface area contributed by atoms with Crippen LogP contribution >= 0.6 is 7.82 Å². The number of phosphoric ester groups is 1. The van der Waals surface area contributed by atoms with Crippen molar-refractivity contribution in [2.75, 3.05) is 26.4 Å². The number of phosphoric acid groups is 1. The number of hydrogen-bond acceptors (Lipinski definition) is 8. The van der Waals surface area contributed by atoms with Crippen molar-refractivity contribution in [1.29, 1.82) is 0 Å². The molecule has 0 aliphatic rings. The summed E-state index contributed by atoms with van der Waals surface area (Å²) in [6.45, 7) is 3.76. The van der Waals surface area contributed by atoms with Gasteiger partial charge in [-0.25, -0.2) is 4.57 Å². The molecule has 2 atom stereocenters. The number of nitrogens with two attached hydrogens (primary N) is 1. The molecule has 2 unspecified atom stereocenters. The molecule has 9 nitrogen and oxygen atoms in total. The minimum atomic E-state index is -4.37. The highest BCUT2D eigenvalue weighted by molar-refractivity contribution is 7.47. The average molecular weight is 858 g/mol. The molecule has 0 saturated heterocycles. The van der Waals surface area contributed by atoms with Crippen molar-refractivity contribution in [2.45, 2.75) is 264 Å². The largest absolute Gasteiger partial charge is 0.472 e. The fourth-order valence-electron chi connectivity index (χ4n) is 7.40. The van der Waals surface area contributed by atoms with E-state index in [2.05, 4.69) is 26.0 Å². The Hall–Kier alpha value is -1.25. The van der Waals surface area contributed by atoms with Gasteiger partial charge in [0.25, 0.3) is 0 Å². The fraction of sp³-hybridized carbons (Fsp3) is 0.918. The number of allylic oxidation sites excluding steroid dienone is 2. The zero-order chi connectivity index (χ0) is 43.2. The number of rotatable bonds is 48. The van der Waals surface area contributed by atoms with E-state index in [-0.39, 0.29) is 38.6 Å². The van der Waals surface area contributed by atoms with E-state index in [0.29, 0.717) is 6.42 Å². The van der Waals surface area contributed by atoms with Gasteiger partial charge in [-0.3, -0.25) is 18.6 Å². The van der Waals surface area contributed by atoms with Gasteiger partial charge in [-0.05, 0) is 38.5 Å². The van der Waals surface area contributed by atoms with Crippen LogP contribution in [0.5, 0.6) is 0 Å². The van der Waals surface area contributed by atoms with Gasteiger partial charge in [-0.1, -0.05) is 219 Å². The molecule has 0 heterocycles. The second kappa shape index (κ2) is 46.3. The third-order valence-electron chi connectivity index (χ3n) is 11.2. The van der Waals surface area contributed by atoms with E-state index in [0.717, 1.165) is 32.1 Å². The molecule has 59 heavy (non-hydrogen) atoms. The normalized spacial score (nSPS) is 13.2. The molecule has 0 aliphatic heterocycles. The van der Waals surface area contributed by atoms with Gasteiger partial charge in [-0.2, -0.15) is 0 Å². The zero-order valence-electron chi connectivity index (χ0n) is 38.8. The minimum absolute atomic E-state index is 0.0568. The third-order valence-corrected chi connectivity index (χ3v) is 12.1. The van der Waals surface area contributed by atoms with E-state index < -0.39 is 26.5 Å². The average Bonchev–Trinajstić information content (AvgIpc) is 3.22. The Morgan fingerprint density at radius 3 is 1.20 bits per heavy atom. The summed E-state index contributed by atoms with van der Waals surface area (Å²) in [5.41, 5.74) is 5.36. The Labute approximate surface area is 364 Å². The molecule has 0 aromatic rings. The molecule has 0 fully saturated rings. The summed E-state index contributed by atoms with van der Waals surface area (Å²) in [7, 11) is -4.37. The van der Waals surface area contributed by atoms with Gasteiger partial charge in [-0.15, -0.1) is 0 Å². The topological polar surface area (TPSA) is 134 Å². The van der Waals surface area contributed by atoms with Crippen LogP contribution < -0.4 is 5.73 Å². The molecule has 0 amide bonds. The molecule has 0 saturated carbocycles. The Bertz CT molecular complexity index is 980. The fourth-order valence-corrected chi connectivity index (χ4v) is 8.16. The van der Waals surface area contributed by atoms with Gasteiger partial charge >= 0.3 is 19.8 Å².